The van der Waals surface area contributed by atoms with Crippen molar-refractivity contribution in [3.63, 3.8) is 0 Å². The average molecular weight is 329 g/mol. The van der Waals surface area contributed by atoms with Gasteiger partial charge in [-0.15, -0.1) is 0 Å². The zero-order valence-corrected chi connectivity index (χ0v) is 14.7. The van der Waals surface area contributed by atoms with Crippen LogP contribution >= 0.6 is 0 Å². The Morgan fingerprint density at radius 3 is 2.42 bits per heavy atom. The van der Waals surface area contributed by atoms with Crippen molar-refractivity contribution in [1.29, 1.82) is 0 Å². The Labute approximate surface area is 141 Å². The normalized spacial score (nSPS) is 12.1. The molecule has 128 valence electrons. The van der Waals surface area contributed by atoms with Gasteiger partial charge in [0.05, 0.1) is 6.10 Å². The van der Waals surface area contributed by atoms with Crippen LogP contribution in [0.15, 0.2) is 18.2 Å². The fourth-order valence-corrected chi connectivity index (χ4v) is 3.00. The molecule has 2 rings (SSSR count). The van der Waals surface area contributed by atoms with Crippen molar-refractivity contribution in [2.45, 2.75) is 40.7 Å². The van der Waals surface area contributed by atoms with E-state index in [4.69, 9.17) is 4.74 Å². The topological polar surface area (TPSA) is 79.4 Å². The third-order valence-corrected chi connectivity index (χ3v) is 4.13. The van der Waals surface area contributed by atoms with Crippen molar-refractivity contribution in [3.8, 4) is 0 Å². The number of rotatable bonds is 5. The Kier molecular flexibility index (Phi) is 5.24. The van der Waals surface area contributed by atoms with E-state index in [-0.39, 0.29) is 18.1 Å². The van der Waals surface area contributed by atoms with E-state index in [0.717, 1.165) is 16.8 Å². The average Bonchev–Trinajstić information content (AvgIpc) is 2.79. The lowest BCUT2D eigenvalue weighted by molar-refractivity contribution is 0.0468. The van der Waals surface area contributed by atoms with Gasteiger partial charge in [0.1, 0.15) is 5.69 Å². The van der Waals surface area contributed by atoms with Crippen LogP contribution in [0.1, 0.15) is 61.8 Å². The molecule has 0 radical (unpaired) electrons. The number of nitrogens with one attached hydrogen (secondary N) is 1. The first-order chi connectivity index (χ1) is 11.2. The number of hydrogen-bond donors (Lipinski definition) is 2. The standard InChI is InChI=1S/C19H23NO4/c1-10-6-7-15(11(2)8-10)16(22)9-24-19(23)18-12(3)17(14(5)21)13(4)20-18/h6-8,14,20-21H,9H2,1-5H3/t14-/m0/s1. The molecule has 0 fully saturated rings. The van der Waals surface area contributed by atoms with Gasteiger partial charge in [-0.2, -0.15) is 0 Å². The highest BCUT2D eigenvalue weighted by Gasteiger charge is 2.22. The number of carbonyl (C=O) groups is 2. The van der Waals surface area contributed by atoms with Gasteiger partial charge < -0.3 is 14.8 Å². The summed E-state index contributed by atoms with van der Waals surface area (Å²) in [4.78, 5) is 27.4. The summed E-state index contributed by atoms with van der Waals surface area (Å²) >= 11 is 0. The highest BCUT2D eigenvalue weighted by atomic mass is 16.5. The molecular formula is C19H23NO4. The van der Waals surface area contributed by atoms with Crippen molar-refractivity contribution < 1.29 is 19.4 Å². The zero-order chi connectivity index (χ0) is 18.0. The molecule has 5 heteroatoms. The molecule has 2 N–H and O–H groups in total. The maximum absolute atomic E-state index is 12.3. The molecule has 24 heavy (non-hydrogen) atoms. The summed E-state index contributed by atoms with van der Waals surface area (Å²) in [6.45, 7) is 8.67. The lowest BCUT2D eigenvalue weighted by Crippen LogP contribution is -2.16. The largest absolute Gasteiger partial charge is 0.453 e. The zero-order valence-electron chi connectivity index (χ0n) is 14.7. The molecule has 1 aromatic carbocycles. The summed E-state index contributed by atoms with van der Waals surface area (Å²) in [6.07, 6.45) is -0.681. The number of esters is 1. The van der Waals surface area contributed by atoms with Crippen molar-refractivity contribution >= 4 is 11.8 Å². The van der Waals surface area contributed by atoms with E-state index in [1.165, 1.54) is 0 Å². The van der Waals surface area contributed by atoms with E-state index in [1.54, 1.807) is 26.8 Å². The van der Waals surface area contributed by atoms with Crippen LogP contribution in [0.3, 0.4) is 0 Å². The van der Waals surface area contributed by atoms with E-state index >= 15 is 0 Å². The summed E-state index contributed by atoms with van der Waals surface area (Å²) in [5, 5.41) is 9.77. The van der Waals surface area contributed by atoms with Crippen LogP contribution in [0.5, 0.6) is 0 Å². The van der Waals surface area contributed by atoms with Gasteiger partial charge in [0.2, 0.25) is 5.78 Å². The summed E-state index contributed by atoms with van der Waals surface area (Å²) in [7, 11) is 0. The predicted octanol–water partition coefficient (Wildman–Crippen LogP) is 3.34. The number of aryl methyl sites for hydroxylation is 3. The molecule has 5 nitrogen and oxygen atoms in total. The molecule has 0 aliphatic carbocycles. The third kappa shape index (κ3) is 3.57. The molecule has 1 heterocycles. The van der Waals surface area contributed by atoms with Gasteiger partial charge in [-0.3, -0.25) is 4.79 Å². The second-order valence-electron chi connectivity index (χ2n) is 6.16. The van der Waals surface area contributed by atoms with E-state index in [9.17, 15) is 14.7 Å². The van der Waals surface area contributed by atoms with Crippen molar-refractivity contribution in [2.75, 3.05) is 6.61 Å². The number of aliphatic hydroxyl groups excluding tert-OH is 1. The van der Waals surface area contributed by atoms with Crippen molar-refractivity contribution in [2.24, 2.45) is 0 Å². The van der Waals surface area contributed by atoms with Gasteiger partial charge in [0, 0.05) is 16.8 Å². The predicted molar refractivity (Wildman–Crippen MR) is 91.4 cm³/mol. The first-order valence-electron chi connectivity index (χ1n) is 7.87. The summed E-state index contributed by atoms with van der Waals surface area (Å²) in [5.74, 6) is -0.835. The summed E-state index contributed by atoms with van der Waals surface area (Å²) in [5.41, 5.74) is 4.81. The Hall–Kier alpha value is -2.40. The van der Waals surface area contributed by atoms with Gasteiger partial charge in [0.25, 0.3) is 0 Å². The van der Waals surface area contributed by atoms with Crippen molar-refractivity contribution in [3.05, 3.63) is 57.4 Å². The minimum Gasteiger partial charge on any atom is -0.453 e. The number of benzene rings is 1. The number of Topliss-reactive ketones (excluding diaryl/α,β-unsaturated/α-hetero) is 1. The second-order valence-corrected chi connectivity index (χ2v) is 6.16. The van der Waals surface area contributed by atoms with Crippen LogP contribution in [-0.4, -0.2) is 28.4 Å². The Morgan fingerprint density at radius 2 is 1.88 bits per heavy atom. The van der Waals surface area contributed by atoms with E-state index in [1.807, 2.05) is 26.0 Å². The lowest BCUT2D eigenvalue weighted by Gasteiger charge is -2.08. The highest BCUT2D eigenvalue weighted by molar-refractivity contribution is 6.00. The van der Waals surface area contributed by atoms with Crippen LogP contribution in [-0.2, 0) is 4.74 Å². The maximum atomic E-state index is 12.3. The third-order valence-electron chi connectivity index (χ3n) is 4.13. The minimum absolute atomic E-state index is 0.238. The van der Waals surface area contributed by atoms with Gasteiger partial charge in [0.15, 0.2) is 6.61 Å². The number of carbonyl (C=O) groups excluding carboxylic acids is 2. The Balaban J connectivity index is 2.11. The molecule has 2 aromatic rings. The Bertz CT molecular complexity index is 787. The fraction of sp³-hybridized carbons (Fsp3) is 0.368. The molecule has 0 saturated carbocycles. The van der Waals surface area contributed by atoms with Crippen LogP contribution in [0.25, 0.3) is 0 Å². The molecule has 0 amide bonds. The molecule has 0 saturated heterocycles. The van der Waals surface area contributed by atoms with E-state index in [0.29, 0.717) is 16.7 Å². The summed E-state index contributed by atoms with van der Waals surface area (Å²) < 4.78 is 5.16. The van der Waals surface area contributed by atoms with Gasteiger partial charge >= 0.3 is 5.97 Å². The van der Waals surface area contributed by atoms with Gasteiger partial charge in [-0.25, -0.2) is 4.79 Å². The molecular weight excluding hydrogens is 306 g/mol. The van der Waals surface area contributed by atoms with Crippen LogP contribution < -0.4 is 0 Å². The van der Waals surface area contributed by atoms with Crippen molar-refractivity contribution in [1.82, 2.24) is 4.98 Å². The fourth-order valence-electron chi connectivity index (χ4n) is 3.00. The van der Waals surface area contributed by atoms with Gasteiger partial charge in [-0.1, -0.05) is 23.8 Å². The SMILES string of the molecule is Cc1ccc(C(=O)COC(=O)c2[nH]c(C)c([C@H](C)O)c2C)c(C)c1. The monoisotopic (exact) mass is 329 g/mol. The lowest BCUT2D eigenvalue weighted by atomic mass is 10.0. The first kappa shape index (κ1) is 17.9. The number of aliphatic hydroxyl groups is 1. The van der Waals surface area contributed by atoms with E-state index in [2.05, 4.69) is 4.98 Å². The number of hydrogen-bond acceptors (Lipinski definition) is 4. The second kappa shape index (κ2) is 7.01. The van der Waals surface area contributed by atoms with Crippen LogP contribution in [0.4, 0.5) is 0 Å². The molecule has 0 bridgehead atoms. The Morgan fingerprint density at radius 1 is 1.21 bits per heavy atom. The number of H-pyrrole nitrogens is 1. The minimum atomic E-state index is -0.681. The maximum Gasteiger partial charge on any atom is 0.355 e. The first-order valence-corrected chi connectivity index (χ1v) is 7.87. The molecule has 0 aliphatic heterocycles. The summed E-state index contributed by atoms with van der Waals surface area (Å²) in [6, 6.07) is 5.52. The molecule has 0 spiro atoms. The number of ketones is 1. The van der Waals surface area contributed by atoms with Gasteiger partial charge in [-0.05, 0) is 45.7 Å². The number of aromatic amines is 1. The van der Waals surface area contributed by atoms with Crippen LogP contribution in [0, 0.1) is 27.7 Å². The molecule has 1 aromatic heterocycles. The number of ether oxygens (including phenoxy) is 1. The smallest absolute Gasteiger partial charge is 0.355 e. The number of aromatic nitrogens is 1. The highest BCUT2D eigenvalue weighted by Crippen LogP contribution is 2.25. The van der Waals surface area contributed by atoms with Crippen LogP contribution in [0.2, 0.25) is 0 Å². The molecule has 0 unspecified atom stereocenters. The molecule has 0 aliphatic rings. The molecule has 1 atom stereocenters. The van der Waals surface area contributed by atoms with E-state index < -0.39 is 12.1 Å². The quantitative estimate of drug-likeness (QED) is 0.651.